The highest BCUT2D eigenvalue weighted by molar-refractivity contribution is 7.47. The predicted molar refractivity (Wildman–Crippen MR) is 189 cm³/mol. The van der Waals surface area contributed by atoms with Crippen LogP contribution < -0.4 is 5.73 Å². The van der Waals surface area contributed by atoms with Crippen LogP contribution in [0.3, 0.4) is 0 Å². The van der Waals surface area contributed by atoms with Gasteiger partial charge in [-0.05, 0) is 57.8 Å². The fraction of sp³-hybridized carbons (Fsp3) is 0.833. The van der Waals surface area contributed by atoms with Crippen molar-refractivity contribution in [3.8, 4) is 0 Å². The molecule has 0 aromatic carbocycles. The van der Waals surface area contributed by atoms with Crippen LogP contribution in [0.2, 0.25) is 0 Å². The van der Waals surface area contributed by atoms with Gasteiger partial charge in [-0.25, -0.2) is 4.57 Å². The van der Waals surface area contributed by atoms with E-state index in [-0.39, 0.29) is 13.0 Å². The molecule has 276 valence electrons. The summed E-state index contributed by atoms with van der Waals surface area (Å²) >= 11 is 0. The number of phosphoric ester groups is 1. The van der Waals surface area contributed by atoms with Crippen molar-refractivity contribution in [2.24, 2.45) is 5.73 Å². The Labute approximate surface area is 285 Å². The van der Waals surface area contributed by atoms with Gasteiger partial charge < -0.3 is 25.2 Å². The molecule has 0 aromatic rings. The van der Waals surface area contributed by atoms with Crippen LogP contribution in [0.1, 0.15) is 155 Å². The smallest absolute Gasteiger partial charge is 0.472 e. The van der Waals surface area contributed by atoms with Crippen molar-refractivity contribution in [2.45, 2.75) is 167 Å². The van der Waals surface area contributed by atoms with Crippen molar-refractivity contribution in [1.29, 1.82) is 0 Å². The zero-order valence-electron chi connectivity index (χ0n) is 29.6. The Hall–Kier alpha value is -1.55. The maximum atomic E-state index is 12.5. The van der Waals surface area contributed by atoms with Crippen LogP contribution in [0.15, 0.2) is 24.3 Å². The molecule has 0 amide bonds. The molecule has 0 aliphatic carbocycles. The minimum Gasteiger partial charge on any atom is -0.480 e. The molecule has 0 spiro atoms. The van der Waals surface area contributed by atoms with Crippen LogP contribution in [0.25, 0.3) is 0 Å². The molecule has 3 atom stereocenters. The van der Waals surface area contributed by atoms with Crippen LogP contribution >= 0.6 is 7.82 Å². The molecule has 0 aliphatic rings. The lowest BCUT2D eigenvalue weighted by molar-refractivity contribution is -0.154. The lowest BCUT2D eigenvalue weighted by Gasteiger charge is -2.20. The molecule has 0 rings (SSSR count). The Morgan fingerprint density at radius 2 is 1.15 bits per heavy atom. The van der Waals surface area contributed by atoms with E-state index in [0.29, 0.717) is 13.0 Å². The molecule has 0 aromatic heterocycles. The van der Waals surface area contributed by atoms with E-state index >= 15 is 0 Å². The van der Waals surface area contributed by atoms with Crippen LogP contribution in [0.5, 0.6) is 0 Å². The van der Waals surface area contributed by atoms with Crippen molar-refractivity contribution in [2.75, 3.05) is 26.4 Å². The van der Waals surface area contributed by atoms with Gasteiger partial charge in [0.1, 0.15) is 12.1 Å². The standard InChI is InChI=1S/C36H68NO9P/c1-3-5-7-9-11-13-15-16-17-18-20-22-24-26-28-35(38)46-33(31-44-47(41,42)45-32-34(37)36(39)40)30-43-29-27-25-23-21-19-14-12-10-8-6-4-2/h8,10,15-16,33-34H,3-7,9,11-14,17-32,37H2,1-2H3,(H,39,40)(H,41,42)/b10-8-,16-15-. The van der Waals surface area contributed by atoms with Gasteiger partial charge in [0.05, 0.1) is 19.8 Å². The molecule has 47 heavy (non-hydrogen) atoms. The average molecular weight is 690 g/mol. The topological polar surface area (TPSA) is 155 Å². The number of carboxylic acid groups (broad SMARTS) is 1. The predicted octanol–water partition coefficient (Wildman–Crippen LogP) is 9.19. The van der Waals surface area contributed by atoms with E-state index < -0.39 is 45.1 Å². The highest BCUT2D eigenvalue weighted by Gasteiger charge is 2.27. The highest BCUT2D eigenvalue weighted by atomic mass is 31.2. The number of esters is 1. The Kier molecular flexibility index (Phi) is 31.9. The van der Waals surface area contributed by atoms with E-state index in [0.717, 1.165) is 64.2 Å². The van der Waals surface area contributed by atoms with Crippen molar-refractivity contribution < 1.29 is 42.7 Å². The van der Waals surface area contributed by atoms with Gasteiger partial charge in [-0.15, -0.1) is 0 Å². The first-order valence-electron chi connectivity index (χ1n) is 18.4. The molecular formula is C36H68NO9P. The van der Waals surface area contributed by atoms with Gasteiger partial charge in [-0.1, -0.05) is 115 Å². The molecule has 4 N–H and O–H groups in total. The summed E-state index contributed by atoms with van der Waals surface area (Å²) in [5.41, 5.74) is 5.33. The second-order valence-corrected chi connectivity index (χ2v) is 13.8. The minimum atomic E-state index is -4.61. The molecule has 0 saturated carbocycles. The molecule has 3 unspecified atom stereocenters. The Bertz CT molecular complexity index is 852. The number of nitrogens with two attached hydrogens (primary N) is 1. The maximum Gasteiger partial charge on any atom is 0.472 e. The van der Waals surface area contributed by atoms with Gasteiger partial charge in [0.15, 0.2) is 0 Å². The number of phosphoric acid groups is 1. The van der Waals surface area contributed by atoms with Crippen molar-refractivity contribution in [3.05, 3.63) is 24.3 Å². The van der Waals surface area contributed by atoms with Gasteiger partial charge in [-0.2, -0.15) is 0 Å². The molecule has 0 saturated heterocycles. The molecule has 0 heterocycles. The number of hydrogen-bond donors (Lipinski definition) is 3. The summed E-state index contributed by atoms with van der Waals surface area (Å²) in [4.78, 5) is 33.3. The average Bonchev–Trinajstić information content (AvgIpc) is 3.04. The quantitative estimate of drug-likeness (QED) is 0.0254. The number of allylic oxidation sites excluding steroid dienone is 4. The van der Waals surface area contributed by atoms with Gasteiger partial charge in [0.25, 0.3) is 0 Å². The Balaban J connectivity index is 4.34. The fourth-order valence-corrected chi connectivity index (χ4v) is 5.55. The number of rotatable bonds is 35. The zero-order chi connectivity index (χ0) is 34.9. The molecule has 0 bridgehead atoms. The summed E-state index contributed by atoms with van der Waals surface area (Å²) in [5, 5.41) is 8.85. The summed E-state index contributed by atoms with van der Waals surface area (Å²) < 4.78 is 33.1. The van der Waals surface area contributed by atoms with Crippen LogP contribution in [-0.2, 0) is 32.7 Å². The molecule has 0 radical (unpaired) electrons. The third-order valence-electron chi connectivity index (χ3n) is 7.68. The van der Waals surface area contributed by atoms with E-state index in [2.05, 4.69) is 42.7 Å². The van der Waals surface area contributed by atoms with E-state index in [1.54, 1.807) is 0 Å². The Morgan fingerprint density at radius 3 is 1.70 bits per heavy atom. The van der Waals surface area contributed by atoms with Crippen LogP contribution in [0, 0.1) is 0 Å². The van der Waals surface area contributed by atoms with Gasteiger partial charge >= 0.3 is 19.8 Å². The van der Waals surface area contributed by atoms with E-state index in [4.69, 9.17) is 24.8 Å². The lowest BCUT2D eigenvalue weighted by Crippen LogP contribution is -2.34. The van der Waals surface area contributed by atoms with Gasteiger partial charge in [0, 0.05) is 13.0 Å². The number of ether oxygens (including phenoxy) is 2. The van der Waals surface area contributed by atoms with Crippen molar-refractivity contribution >= 4 is 19.8 Å². The largest absolute Gasteiger partial charge is 0.480 e. The number of carbonyl (C=O) groups excluding carboxylic acids is 1. The summed E-state index contributed by atoms with van der Waals surface area (Å²) in [5.74, 6) is -1.79. The van der Waals surface area contributed by atoms with Crippen LogP contribution in [0.4, 0.5) is 0 Å². The summed E-state index contributed by atoms with van der Waals surface area (Å²) in [6, 6.07) is -1.47. The summed E-state index contributed by atoms with van der Waals surface area (Å²) in [7, 11) is -4.61. The van der Waals surface area contributed by atoms with Crippen LogP contribution in [-0.4, -0.2) is 60.5 Å². The van der Waals surface area contributed by atoms with Crippen molar-refractivity contribution in [3.63, 3.8) is 0 Å². The SMILES string of the molecule is CCC/C=C\CCCCCCCCOCC(COP(=O)(O)OCC(N)C(=O)O)OC(=O)CCCCCCC/C=C\CCCCCCC. The first-order valence-corrected chi connectivity index (χ1v) is 19.9. The third kappa shape index (κ3) is 32.8. The second kappa shape index (κ2) is 33.0. The summed E-state index contributed by atoms with van der Waals surface area (Å²) in [6.45, 7) is 3.77. The number of aliphatic carboxylic acids is 1. The molecule has 0 aliphatic heterocycles. The van der Waals surface area contributed by atoms with Gasteiger partial charge in [-0.3, -0.25) is 18.6 Å². The first kappa shape index (κ1) is 45.5. The first-order chi connectivity index (χ1) is 22.7. The second-order valence-electron chi connectivity index (χ2n) is 12.3. The van der Waals surface area contributed by atoms with E-state index in [9.17, 15) is 19.0 Å². The number of hydrogen-bond acceptors (Lipinski definition) is 8. The molecular weight excluding hydrogens is 621 g/mol. The normalized spacial score (nSPS) is 14.5. The zero-order valence-corrected chi connectivity index (χ0v) is 30.5. The number of unbranched alkanes of at least 4 members (excludes halogenated alkanes) is 17. The Morgan fingerprint density at radius 1 is 0.660 bits per heavy atom. The molecule has 0 fully saturated rings. The van der Waals surface area contributed by atoms with Crippen molar-refractivity contribution in [1.82, 2.24) is 0 Å². The molecule has 10 nitrogen and oxygen atoms in total. The monoisotopic (exact) mass is 689 g/mol. The van der Waals surface area contributed by atoms with E-state index in [1.165, 1.54) is 64.2 Å². The van der Waals surface area contributed by atoms with E-state index in [1.807, 2.05) is 0 Å². The minimum absolute atomic E-state index is 0.0106. The summed E-state index contributed by atoms with van der Waals surface area (Å²) in [6.07, 6.45) is 32.3. The highest BCUT2D eigenvalue weighted by Crippen LogP contribution is 2.43. The maximum absolute atomic E-state index is 12.5. The molecule has 11 heteroatoms. The number of carbonyl (C=O) groups is 2. The van der Waals surface area contributed by atoms with Gasteiger partial charge in [0.2, 0.25) is 0 Å². The third-order valence-corrected chi connectivity index (χ3v) is 8.63. The lowest BCUT2D eigenvalue weighted by atomic mass is 10.1. The fourth-order valence-electron chi connectivity index (χ4n) is 4.78. The number of carboxylic acids is 1.